The van der Waals surface area contributed by atoms with Crippen LogP contribution in [0.3, 0.4) is 0 Å². The zero-order valence-corrected chi connectivity index (χ0v) is 9.08. The highest BCUT2D eigenvalue weighted by atomic mass is 35.5. The van der Waals surface area contributed by atoms with Crippen LogP contribution in [0.25, 0.3) is 0 Å². The van der Waals surface area contributed by atoms with Gasteiger partial charge in [-0.25, -0.2) is 0 Å². The molecular formula is C10H16ClN3. The lowest BCUT2D eigenvalue weighted by Crippen LogP contribution is -2.72. The van der Waals surface area contributed by atoms with Gasteiger partial charge in [-0.15, -0.1) is 0 Å². The summed E-state index contributed by atoms with van der Waals surface area (Å²) in [5, 5.41) is 0. The molecule has 0 N–H and O–H groups in total. The van der Waals surface area contributed by atoms with Crippen molar-refractivity contribution in [3.05, 3.63) is 11.6 Å². The molecule has 78 valence electrons. The number of halogens is 1. The van der Waals surface area contributed by atoms with Crippen molar-refractivity contribution in [2.24, 2.45) is 5.41 Å². The number of hydrogen-bond donors (Lipinski definition) is 0. The molecule has 4 aliphatic rings. The van der Waals surface area contributed by atoms with Crippen LogP contribution in [0.1, 0.15) is 6.42 Å². The van der Waals surface area contributed by atoms with Crippen LogP contribution in [0.2, 0.25) is 0 Å². The first-order chi connectivity index (χ1) is 6.80. The molecule has 4 aliphatic heterocycles. The minimum atomic E-state index is 0.458. The molecule has 0 aromatic rings. The average molecular weight is 214 g/mol. The standard InChI is InChI=1S/C10H16ClN3/c11-3-1-2-10-4-12-7-13(5-10)9-14(6-10)8-12/h1,3H,2,4-9H2. The summed E-state index contributed by atoms with van der Waals surface area (Å²) in [6.45, 7) is 7.26. The van der Waals surface area contributed by atoms with E-state index in [-0.39, 0.29) is 0 Å². The normalized spacial score (nSPS) is 50.5. The van der Waals surface area contributed by atoms with Gasteiger partial charge >= 0.3 is 0 Å². The van der Waals surface area contributed by atoms with E-state index in [0.29, 0.717) is 5.41 Å². The van der Waals surface area contributed by atoms with Gasteiger partial charge in [0.15, 0.2) is 0 Å². The van der Waals surface area contributed by atoms with Gasteiger partial charge in [0, 0.05) is 30.6 Å². The second-order valence-corrected chi connectivity index (χ2v) is 5.23. The van der Waals surface area contributed by atoms with E-state index in [0.717, 1.165) is 6.42 Å². The molecule has 0 saturated carbocycles. The molecule has 0 amide bonds. The van der Waals surface area contributed by atoms with E-state index in [1.807, 2.05) is 0 Å². The lowest BCUT2D eigenvalue weighted by Gasteiger charge is -2.60. The zero-order chi connectivity index (χ0) is 9.60. The second-order valence-electron chi connectivity index (χ2n) is 4.98. The van der Waals surface area contributed by atoms with E-state index in [4.69, 9.17) is 11.6 Å². The molecule has 4 heterocycles. The molecule has 0 aromatic carbocycles. The summed E-state index contributed by atoms with van der Waals surface area (Å²) >= 11 is 5.62. The Morgan fingerprint density at radius 2 is 1.50 bits per heavy atom. The summed E-state index contributed by atoms with van der Waals surface area (Å²) in [4.78, 5) is 7.62. The van der Waals surface area contributed by atoms with Gasteiger partial charge in [-0.05, 0) is 6.42 Å². The first kappa shape index (κ1) is 9.16. The van der Waals surface area contributed by atoms with Crippen molar-refractivity contribution in [1.82, 2.24) is 14.7 Å². The van der Waals surface area contributed by atoms with Gasteiger partial charge in [-0.1, -0.05) is 17.7 Å². The van der Waals surface area contributed by atoms with E-state index >= 15 is 0 Å². The van der Waals surface area contributed by atoms with Gasteiger partial charge in [0.05, 0.1) is 20.0 Å². The van der Waals surface area contributed by atoms with Gasteiger partial charge in [-0.3, -0.25) is 14.7 Å². The smallest absolute Gasteiger partial charge is 0.0530 e. The SMILES string of the molecule is ClC=CCC12CN3CN(CN(C3)C1)C2. The monoisotopic (exact) mass is 213 g/mol. The predicted octanol–water partition coefficient (Wildman–Crippen LogP) is 0.935. The van der Waals surface area contributed by atoms with Crippen molar-refractivity contribution >= 4 is 11.6 Å². The Hall–Kier alpha value is -0.0900. The topological polar surface area (TPSA) is 9.72 Å². The summed E-state index contributed by atoms with van der Waals surface area (Å²) < 4.78 is 0. The minimum Gasteiger partial charge on any atom is -0.277 e. The van der Waals surface area contributed by atoms with Crippen LogP contribution in [-0.4, -0.2) is 54.3 Å². The van der Waals surface area contributed by atoms with E-state index in [2.05, 4.69) is 20.8 Å². The van der Waals surface area contributed by atoms with E-state index in [1.165, 1.54) is 39.6 Å². The summed E-state index contributed by atoms with van der Waals surface area (Å²) in [5.74, 6) is 0. The highest BCUT2D eigenvalue weighted by Gasteiger charge is 2.47. The Kier molecular flexibility index (Phi) is 2.10. The fraction of sp³-hybridized carbons (Fsp3) is 0.800. The van der Waals surface area contributed by atoms with Crippen molar-refractivity contribution < 1.29 is 0 Å². The van der Waals surface area contributed by atoms with Gasteiger partial charge in [-0.2, -0.15) is 0 Å². The molecule has 0 aromatic heterocycles. The first-order valence-corrected chi connectivity index (χ1v) is 5.66. The highest BCUT2D eigenvalue weighted by molar-refractivity contribution is 6.25. The summed E-state index contributed by atoms with van der Waals surface area (Å²) in [5.41, 5.74) is 2.12. The highest BCUT2D eigenvalue weighted by Crippen LogP contribution is 2.38. The van der Waals surface area contributed by atoms with Gasteiger partial charge in [0.1, 0.15) is 0 Å². The molecule has 14 heavy (non-hydrogen) atoms. The largest absolute Gasteiger partial charge is 0.277 e. The lowest BCUT2D eigenvalue weighted by atomic mass is 9.78. The van der Waals surface area contributed by atoms with E-state index < -0.39 is 0 Å². The fourth-order valence-electron chi connectivity index (χ4n) is 3.34. The maximum atomic E-state index is 5.62. The van der Waals surface area contributed by atoms with Gasteiger partial charge in [0.2, 0.25) is 0 Å². The lowest BCUT2D eigenvalue weighted by molar-refractivity contribution is -0.171. The zero-order valence-electron chi connectivity index (χ0n) is 8.32. The summed E-state index contributed by atoms with van der Waals surface area (Å²) in [7, 11) is 0. The van der Waals surface area contributed by atoms with Crippen molar-refractivity contribution in [2.45, 2.75) is 6.42 Å². The van der Waals surface area contributed by atoms with Crippen molar-refractivity contribution in [3.63, 3.8) is 0 Å². The molecule has 4 rings (SSSR count). The maximum Gasteiger partial charge on any atom is 0.0530 e. The molecule has 0 radical (unpaired) electrons. The van der Waals surface area contributed by atoms with Crippen molar-refractivity contribution in [3.8, 4) is 0 Å². The van der Waals surface area contributed by atoms with Crippen LogP contribution >= 0.6 is 11.6 Å². The Morgan fingerprint density at radius 1 is 1.00 bits per heavy atom. The first-order valence-electron chi connectivity index (χ1n) is 5.22. The summed E-state index contributed by atoms with van der Waals surface area (Å²) in [6.07, 6.45) is 3.23. The molecule has 4 saturated heterocycles. The molecule has 4 bridgehead atoms. The molecule has 0 unspecified atom stereocenters. The van der Waals surface area contributed by atoms with Crippen molar-refractivity contribution in [1.29, 1.82) is 0 Å². The predicted molar refractivity (Wildman–Crippen MR) is 56.8 cm³/mol. The van der Waals surface area contributed by atoms with E-state index in [9.17, 15) is 0 Å². The molecule has 0 spiro atoms. The summed E-state index contributed by atoms with van der Waals surface area (Å²) in [6, 6.07) is 0. The quantitative estimate of drug-likeness (QED) is 0.676. The maximum absolute atomic E-state index is 5.62. The third-order valence-electron chi connectivity index (χ3n) is 3.52. The minimum absolute atomic E-state index is 0.458. The van der Waals surface area contributed by atoms with Crippen LogP contribution in [0.15, 0.2) is 11.6 Å². The van der Waals surface area contributed by atoms with Crippen LogP contribution < -0.4 is 0 Å². The molecule has 0 atom stereocenters. The van der Waals surface area contributed by atoms with Crippen LogP contribution in [-0.2, 0) is 0 Å². The average Bonchev–Trinajstić information content (AvgIpc) is 2.12. The van der Waals surface area contributed by atoms with Crippen molar-refractivity contribution in [2.75, 3.05) is 39.6 Å². The molecule has 4 fully saturated rings. The number of hydrogen-bond acceptors (Lipinski definition) is 3. The molecule has 0 aliphatic carbocycles. The third-order valence-corrected chi connectivity index (χ3v) is 3.70. The van der Waals surface area contributed by atoms with Crippen LogP contribution in [0, 0.1) is 5.41 Å². The van der Waals surface area contributed by atoms with Crippen LogP contribution in [0.4, 0.5) is 0 Å². The number of rotatable bonds is 2. The third kappa shape index (κ3) is 1.39. The molecule has 4 heteroatoms. The Bertz CT molecular complexity index is 229. The number of nitrogens with zero attached hydrogens (tertiary/aromatic N) is 3. The second kappa shape index (κ2) is 3.20. The van der Waals surface area contributed by atoms with Gasteiger partial charge < -0.3 is 0 Å². The Balaban J connectivity index is 1.80. The molecular weight excluding hydrogens is 198 g/mol. The number of allylic oxidation sites excluding steroid dienone is 1. The van der Waals surface area contributed by atoms with Crippen LogP contribution in [0.5, 0.6) is 0 Å². The Labute approximate surface area is 89.9 Å². The van der Waals surface area contributed by atoms with E-state index in [1.54, 1.807) is 5.54 Å². The molecule has 3 nitrogen and oxygen atoms in total. The Morgan fingerprint density at radius 3 is 1.93 bits per heavy atom. The fourth-order valence-corrected chi connectivity index (χ4v) is 3.43. The van der Waals surface area contributed by atoms with Gasteiger partial charge in [0.25, 0.3) is 0 Å².